The highest BCUT2D eigenvalue weighted by atomic mass is 15.3. The minimum Gasteiger partial charge on any atom is -0.357 e. The molecule has 162 valence electrons. The molecule has 0 spiro atoms. The van der Waals surface area contributed by atoms with Gasteiger partial charge in [0.15, 0.2) is 0 Å². The second kappa shape index (κ2) is 7.60. The summed E-state index contributed by atoms with van der Waals surface area (Å²) < 4.78 is 0. The van der Waals surface area contributed by atoms with Crippen LogP contribution in [0.3, 0.4) is 0 Å². The Labute approximate surface area is 194 Å². The standard InChI is InChI=1S/C31H28N2/c1-2-7-22-21(6-1)12-13-27-23-10-5-11-24(28(23)15-14-26(22)27)29-16-17-31(33-19-18-32-20-33)30-9-4-3-8-25(29)30/h1-4,6-9,12-17,24,32H,5,10-11,18-20H2. The van der Waals surface area contributed by atoms with E-state index in [4.69, 9.17) is 0 Å². The molecule has 1 fully saturated rings. The molecule has 1 atom stereocenters. The van der Waals surface area contributed by atoms with Gasteiger partial charge in [0, 0.05) is 30.1 Å². The van der Waals surface area contributed by atoms with Crippen molar-refractivity contribution in [1.29, 1.82) is 0 Å². The minimum absolute atomic E-state index is 0.459. The average molecular weight is 429 g/mol. The topological polar surface area (TPSA) is 15.3 Å². The fourth-order valence-corrected chi connectivity index (χ4v) is 6.33. The van der Waals surface area contributed by atoms with Gasteiger partial charge in [0.1, 0.15) is 0 Å². The second-order valence-electron chi connectivity index (χ2n) is 9.60. The Balaban J connectivity index is 1.42. The van der Waals surface area contributed by atoms with Crippen LogP contribution in [-0.2, 0) is 6.42 Å². The first-order valence-electron chi connectivity index (χ1n) is 12.3. The maximum absolute atomic E-state index is 3.48. The molecule has 33 heavy (non-hydrogen) atoms. The van der Waals surface area contributed by atoms with E-state index in [1.807, 2.05) is 0 Å². The third-order valence-corrected chi connectivity index (χ3v) is 7.88. The third-order valence-electron chi connectivity index (χ3n) is 7.88. The molecular formula is C31H28N2. The second-order valence-corrected chi connectivity index (χ2v) is 9.60. The van der Waals surface area contributed by atoms with Crippen molar-refractivity contribution in [2.45, 2.75) is 25.2 Å². The molecule has 1 unspecified atom stereocenters. The van der Waals surface area contributed by atoms with Crippen molar-refractivity contribution in [2.24, 2.45) is 0 Å². The molecule has 1 aliphatic heterocycles. The number of hydrogen-bond acceptors (Lipinski definition) is 2. The lowest BCUT2D eigenvalue weighted by atomic mass is 9.75. The zero-order chi connectivity index (χ0) is 21.8. The van der Waals surface area contributed by atoms with Gasteiger partial charge >= 0.3 is 0 Å². The maximum Gasteiger partial charge on any atom is 0.0683 e. The molecule has 2 nitrogen and oxygen atoms in total. The average Bonchev–Trinajstić information content (AvgIpc) is 3.42. The molecular weight excluding hydrogens is 400 g/mol. The van der Waals surface area contributed by atoms with Crippen molar-refractivity contribution in [3.63, 3.8) is 0 Å². The molecule has 0 bridgehead atoms. The zero-order valence-electron chi connectivity index (χ0n) is 18.9. The summed E-state index contributed by atoms with van der Waals surface area (Å²) >= 11 is 0. The SMILES string of the molecule is c1ccc2c(c1)ccc1c3c(ccc12)C(c1ccc(N2CCNC2)c2ccccc12)CCC3. The van der Waals surface area contributed by atoms with Crippen LogP contribution in [0, 0.1) is 0 Å². The Kier molecular flexibility index (Phi) is 4.41. The number of nitrogens with one attached hydrogen (secondary N) is 1. The van der Waals surface area contributed by atoms with Gasteiger partial charge in [-0.25, -0.2) is 0 Å². The predicted molar refractivity (Wildman–Crippen MR) is 140 cm³/mol. The van der Waals surface area contributed by atoms with E-state index in [0.717, 1.165) is 19.8 Å². The number of rotatable bonds is 2. The first-order valence-corrected chi connectivity index (χ1v) is 12.3. The lowest BCUT2D eigenvalue weighted by Crippen LogP contribution is -2.21. The van der Waals surface area contributed by atoms with Crippen LogP contribution in [0.25, 0.3) is 32.3 Å². The van der Waals surface area contributed by atoms with Crippen molar-refractivity contribution >= 4 is 38.0 Å². The number of fused-ring (bicyclic) bond motifs is 6. The normalized spacial score (nSPS) is 18.3. The van der Waals surface area contributed by atoms with Crippen LogP contribution in [0.15, 0.2) is 84.9 Å². The van der Waals surface area contributed by atoms with Crippen LogP contribution in [-0.4, -0.2) is 19.8 Å². The number of hydrogen-bond donors (Lipinski definition) is 1. The quantitative estimate of drug-likeness (QED) is 0.305. The minimum atomic E-state index is 0.459. The lowest BCUT2D eigenvalue weighted by molar-refractivity contribution is 0.622. The van der Waals surface area contributed by atoms with Crippen molar-refractivity contribution in [3.8, 4) is 0 Å². The van der Waals surface area contributed by atoms with Gasteiger partial charge in [-0.2, -0.15) is 0 Å². The van der Waals surface area contributed by atoms with Crippen LogP contribution in [0.1, 0.15) is 35.4 Å². The molecule has 7 rings (SSSR count). The lowest BCUT2D eigenvalue weighted by Gasteiger charge is -2.29. The van der Waals surface area contributed by atoms with Crippen LogP contribution >= 0.6 is 0 Å². The molecule has 5 aromatic carbocycles. The van der Waals surface area contributed by atoms with Gasteiger partial charge in [0.2, 0.25) is 0 Å². The molecule has 2 aliphatic rings. The predicted octanol–water partition coefficient (Wildman–Crippen LogP) is 6.98. The van der Waals surface area contributed by atoms with Gasteiger partial charge in [0.05, 0.1) is 6.67 Å². The summed E-state index contributed by atoms with van der Waals surface area (Å²) in [6.45, 7) is 3.08. The summed E-state index contributed by atoms with van der Waals surface area (Å²) in [4.78, 5) is 2.47. The van der Waals surface area contributed by atoms with E-state index in [2.05, 4.69) is 95.1 Å². The van der Waals surface area contributed by atoms with Crippen LogP contribution in [0.4, 0.5) is 5.69 Å². The summed E-state index contributed by atoms with van der Waals surface area (Å²) in [5.41, 5.74) is 5.94. The maximum atomic E-state index is 3.48. The Morgan fingerprint density at radius 1 is 0.667 bits per heavy atom. The van der Waals surface area contributed by atoms with Gasteiger partial charge in [0.25, 0.3) is 0 Å². The highest BCUT2D eigenvalue weighted by Crippen LogP contribution is 2.44. The molecule has 1 aliphatic carbocycles. The van der Waals surface area contributed by atoms with E-state index < -0.39 is 0 Å². The molecule has 2 heteroatoms. The summed E-state index contributed by atoms with van der Waals surface area (Å²) in [6, 6.07) is 32.1. The highest BCUT2D eigenvalue weighted by molar-refractivity contribution is 6.09. The van der Waals surface area contributed by atoms with E-state index in [9.17, 15) is 0 Å². The molecule has 0 saturated carbocycles. The smallest absolute Gasteiger partial charge is 0.0683 e. The van der Waals surface area contributed by atoms with Gasteiger partial charge in [-0.3, -0.25) is 5.32 Å². The largest absolute Gasteiger partial charge is 0.357 e. The summed E-state index contributed by atoms with van der Waals surface area (Å²) in [6.07, 6.45) is 3.65. The van der Waals surface area contributed by atoms with Crippen LogP contribution in [0.5, 0.6) is 0 Å². The van der Waals surface area contributed by atoms with E-state index in [0.29, 0.717) is 5.92 Å². The Morgan fingerprint density at radius 2 is 1.45 bits per heavy atom. The summed E-state index contributed by atoms with van der Waals surface area (Å²) in [5, 5.41) is 11.8. The molecule has 1 N–H and O–H groups in total. The Morgan fingerprint density at radius 3 is 2.33 bits per heavy atom. The number of nitrogens with zero attached hydrogens (tertiary/aromatic N) is 1. The van der Waals surface area contributed by atoms with E-state index in [1.165, 1.54) is 68.4 Å². The zero-order valence-corrected chi connectivity index (χ0v) is 18.9. The highest BCUT2D eigenvalue weighted by Gasteiger charge is 2.26. The van der Waals surface area contributed by atoms with E-state index in [-0.39, 0.29) is 0 Å². The van der Waals surface area contributed by atoms with E-state index >= 15 is 0 Å². The number of anilines is 1. The molecule has 0 amide bonds. The third kappa shape index (κ3) is 2.98. The Hall–Kier alpha value is -3.36. The summed E-state index contributed by atoms with van der Waals surface area (Å²) in [7, 11) is 0. The molecule has 1 heterocycles. The molecule has 5 aromatic rings. The first-order chi connectivity index (χ1) is 16.4. The van der Waals surface area contributed by atoms with Crippen molar-refractivity contribution in [1.82, 2.24) is 5.32 Å². The monoisotopic (exact) mass is 428 g/mol. The number of aryl methyl sites for hydroxylation is 1. The van der Waals surface area contributed by atoms with Gasteiger partial charge in [-0.1, -0.05) is 78.9 Å². The molecule has 0 aromatic heterocycles. The molecule has 1 saturated heterocycles. The molecule has 0 radical (unpaired) electrons. The van der Waals surface area contributed by atoms with Crippen molar-refractivity contribution in [3.05, 3.63) is 102 Å². The fourth-order valence-electron chi connectivity index (χ4n) is 6.33. The van der Waals surface area contributed by atoms with Crippen molar-refractivity contribution < 1.29 is 0 Å². The fraction of sp³-hybridized carbons (Fsp3) is 0.226. The number of benzene rings is 5. The van der Waals surface area contributed by atoms with Gasteiger partial charge in [-0.15, -0.1) is 0 Å². The van der Waals surface area contributed by atoms with E-state index in [1.54, 1.807) is 5.56 Å². The Bertz CT molecular complexity index is 1510. The van der Waals surface area contributed by atoms with Crippen molar-refractivity contribution in [2.75, 3.05) is 24.7 Å². The first kappa shape index (κ1) is 19.1. The van der Waals surface area contributed by atoms with Gasteiger partial charge in [-0.05, 0) is 69.0 Å². The summed E-state index contributed by atoms with van der Waals surface area (Å²) in [5.74, 6) is 0.459. The van der Waals surface area contributed by atoms with Gasteiger partial charge < -0.3 is 4.90 Å². The van der Waals surface area contributed by atoms with Crippen LogP contribution in [0.2, 0.25) is 0 Å². The van der Waals surface area contributed by atoms with Crippen LogP contribution < -0.4 is 10.2 Å².